The lowest BCUT2D eigenvalue weighted by Crippen LogP contribution is -2.28. The summed E-state index contributed by atoms with van der Waals surface area (Å²) in [5.41, 5.74) is 7.77. The van der Waals surface area contributed by atoms with Crippen molar-refractivity contribution in [3.8, 4) is 0 Å². The fourth-order valence-corrected chi connectivity index (χ4v) is 2.63. The van der Waals surface area contributed by atoms with Gasteiger partial charge in [-0.25, -0.2) is 9.97 Å². The van der Waals surface area contributed by atoms with Gasteiger partial charge in [0.15, 0.2) is 11.6 Å². The molecule has 0 spiro atoms. The minimum absolute atomic E-state index is 0.507. The molecule has 1 fully saturated rings. The van der Waals surface area contributed by atoms with Crippen molar-refractivity contribution in [1.82, 2.24) is 15.3 Å². The van der Waals surface area contributed by atoms with E-state index in [-0.39, 0.29) is 0 Å². The van der Waals surface area contributed by atoms with Gasteiger partial charge in [0, 0.05) is 13.6 Å². The maximum atomic E-state index is 6.03. The standard InChI is InChI=1S/C14H19N5/c1-19(9-10-6-7-16-8-10)14-13(15)17-11-4-2-3-5-12(11)18-14/h2-5,10,16H,6-9H2,1H3,(H2,15,17)/t10-/m1/s1. The molecule has 1 aliphatic rings. The average Bonchev–Trinajstić information content (AvgIpc) is 2.90. The lowest BCUT2D eigenvalue weighted by Gasteiger charge is -2.22. The van der Waals surface area contributed by atoms with Gasteiger partial charge in [-0.2, -0.15) is 0 Å². The van der Waals surface area contributed by atoms with Crippen molar-refractivity contribution in [2.24, 2.45) is 5.92 Å². The molecule has 0 radical (unpaired) electrons. The van der Waals surface area contributed by atoms with E-state index in [1.807, 2.05) is 31.3 Å². The van der Waals surface area contributed by atoms with Crippen molar-refractivity contribution in [3.05, 3.63) is 24.3 Å². The van der Waals surface area contributed by atoms with Crippen LogP contribution in [0.3, 0.4) is 0 Å². The lowest BCUT2D eigenvalue weighted by molar-refractivity contribution is 0.576. The van der Waals surface area contributed by atoms with Crippen LogP contribution in [0, 0.1) is 5.92 Å². The third kappa shape index (κ3) is 2.46. The van der Waals surface area contributed by atoms with E-state index >= 15 is 0 Å². The first-order valence-electron chi connectivity index (χ1n) is 6.68. The highest BCUT2D eigenvalue weighted by Crippen LogP contribution is 2.22. The Bertz CT molecular complexity index is 577. The molecule has 1 atom stereocenters. The normalized spacial score (nSPS) is 18.9. The van der Waals surface area contributed by atoms with Crippen LogP contribution in [-0.4, -0.2) is 36.6 Å². The Hall–Kier alpha value is -1.88. The summed E-state index contributed by atoms with van der Waals surface area (Å²) in [5, 5.41) is 3.38. The summed E-state index contributed by atoms with van der Waals surface area (Å²) in [4.78, 5) is 11.2. The second-order valence-electron chi connectivity index (χ2n) is 5.16. The third-order valence-corrected chi connectivity index (χ3v) is 3.63. The van der Waals surface area contributed by atoms with Gasteiger partial charge in [0.25, 0.3) is 0 Å². The fourth-order valence-electron chi connectivity index (χ4n) is 2.63. The second kappa shape index (κ2) is 5.01. The largest absolute Gasteiger partial charge is 0.381 e. The summed E-state index contributed by atoms with van der Waals surface area (Å²) in [6.07, 6.45) is 1.21. The number of anilines is 2. The van der Waals surface area contributed by atoms with E-state index in [0.29, 0.717) is 11.7 Å². The first kappa shape index (κ1) is 12.2. The first-order valence-corrected chi connectivity index (χ1v) is 6.68. The number of aromatic nitrogens is 2. The Morgan fingerprint density at radius 1 is 1.32 bits per heavy atom. The summed E-state index contributed by atoms with van der Waals surface area (Å²) < 4.78 is 0. The lowest BCUT2D eigenvalue weighted by atomic mass is 10.1. The van der Waals surface area contributed by atoms with E-state index in [9.17, 15) is 0 Å². The Kier molecular flexibility index (Phi) is 3.21. The predicted molar refractivity (Wildman–Crippen MR) is 78.2 cm³/mol. The van der Waals surface area contributed by atoms with Crippen LogP contribution in [0.15, 0.2) is 24.3 Å². The highest BCUT2D eigenvalue weighted by molar-refractivity contribution is 5.79. The zero-order valence-electron chi connectivity index (χ0n) is 11.1. The number of nitrogen functional groups attached to an aromatic ring is 1. The zero-order valence-corrected chi connectivity index (χ0v) is 11.1. The number of nitrogens with one attached hydrogen (secondary N) is 1. The zero-order chi connectivity index (χ0) is 13.2. The summed E-state index contributed by atoms with van der Waals surface area (Å²) in [6, 6.07) is 7.82. The van der Waals surface area contributed by atoms with Crippen LogP contribution in [0.25, 0.3) is 11.0 Å². The Morgan fingerprint density at radius 2 is 2.05 bits per heavy atom. The Morgan fingerprint density at radius 3 is 2.74 bits per heavy atom. The predicted octanol–water partition coefficient (Wildman–Crippen LogP) is 1.26. The van der Waals surface area contributed by atoms with Crippen LogP contribution >= 0.6 is 0 Å². The molecule has 0 aliphatic carbocycles. The number of benzene rings is 1. The van der Waals surface area contributed by atoms with E-state index in [1.165, 1.54) is 6.42 Å². The molecule has 0 saturated carbocycles. The molecule has 2 heterocycles. The van der Waals surface area contributed by atoms with Crippen molar-refractivity contribution in [3.63, 3.8) is 0 Å². The maximum Gasteiger partial charge on any atom is 0.171 e. The van der Waals surface area contributed by atoms with Crippen molar-refractivity contribution in [2.75, 3.05) is 37.3 Å². The van der Waals surface area contributed by atoms with Crippen LogP contribution < -0.4 is 16.0 Å². The van der Waals surface area contributed by atoms with Crippen LogP contribution in [0.1, 0.15) is 6.42 Å². The van der Waals surface area contributed by atoms with Gasteiger partial charge < -0.3 is 16.0 Å². The first-order chi connectivity index (χ1) is 9.24. The molecule has 5 nitrogen and oxygen atoms in total. The van der Waals surface area contributed by atoms with Crippen LogP contribution in [0.5, 0.6) is 0 Å². The monoisotopic (exact) mass is 257 g/mol. The molecule has 0 amide bonds. The number of rotatable bonds is 3. The van der Waals surface area contributed by atoms with Gasteiger partial charge in [-0.3, -0.25) is 0 Å². The van der Waals surface area contributed by atoms with Crippen molar-refractivity contribution in [1.29, 1.82) is 0 Å². The summed E-state index contributed by atoms with van der Waals surface area (Å²) in [5.74, 6) is 1.95. The smallest absolute Gasteiger partial charge is 0.171 e. The second-order valence-corrected chi connectivity index (χ2v) is 5.16. The molecule has 100 valence electrons. The molecule has 3 N–H and O–H groups in total. The van der Waals surface area contributed by atoms with Crippen LogP contribution in [-0.2, 0) is 0 Å². The molecule has 3 rings (SSSR count). The van der Waals surface area contributed by atoms with E-state index in [0.717, 1.165) is 36.5 Å². The van der Waals surface area contributed by atoms with Gasteiger partial charge in [0.2, 0.25) is 0 Å². The van der Waals surface area contributed by atoms with Crippen molar-refractivity contribution in [2.45, 2.75) is 6.42 Å². The molecule has 1 aromatic carbocycles. The van der Waals surface area contributed by atoms with E-state index in [1.54, 1.807) is 0 Å². The molecular formula is C14H19N5. The number of hydrogen-bond acceptors (Lipinski definition) is 5. The molecular weight excluding hydrogens is 238 g/mol. The summed E-state index contributed by atoms with van der Waals surface area (Å²) in [7, 11) is 2.04. The van der Waals surface area contributed by atoms with E-state index in [2.05, 4.69) is 20.2 Å². The van der Waals surface area contributed by atoms with Gasteiger partial charge >= 0.3 is 0 Å². The van der Waals surface area contributed by atoms with Gasteiger partial charge in [0.05, 0.1) is 11.0 Å². The molecule has 1 saturated heterocycles. The Balaban J connectivity index is 1.88. The van der Waals surface area contributed by atoms with E-state index < -0.39 is 0 Å². The van der Waals surface area contributed by atoms with Crippen molar-refractivity contribution < 1.29 is 0 Å². The highest BCUT2D eigenvalue weighted by Gasteiger charge is 2.19. The molecule has 0 unspecified atom stereocenters. The number of para-hydroxylation sites is 2. The molecule has 1 aliphatic heterocycles. The topological polar surface area (TPSA) is 67.1 Å². The van der Waals surface area contributed by atoms with Gasteiger partial charge in [-0.05, 0) is 37.6 Å². The number of nitrogens with two attached hydrogens (primary N) is 1. The SMILES string of the molecule is CN(C[C@@H]1CCNC1)c1nc2ccccc2nc1N. The molecule has 5 heteroatoms. The highest BCUT2D eigenvalue weighted by atomic mass is 15.2. The number of hydrogen-bond donors (Lipinski definition) is 2. The molecule has 2 aromatic rings. The van der Waals surface area contributed by atoms with Crippen molar-refractivity contribution >= 4 is 22.7 Å². The molecule has 1 aromatic heterocycles. The molecule has 0 bridgehead atoms. The van der Waals surface area contributed by atoms with E-state index in [4.69, 9.17) is 5.73 Å². The quantitative estimate of drug-likeness (QED) is 0.866. The maximum absolute atomic E-state index is 6.03. The van der Waals surface area contributed by atoms with Crippen LogP contribution in [0.4, 0.5) is 11.6 Å². The Labute approximate surface area is 112 Å². The average molecular weight is 257 g/mol. The van der Waals surface area contributed by atoms with Gasteiger partial charge in [-0.1, -0.05) is 12.1 Å². The van der Waals surface area contributed by atoms with Gasteiger partial charge in [-0.15, -0.1) is 0 Å². The molecule has 19 heavy (non-hydrogen) atoms. The number of fused-ring (bicyclic) bond motifs is 1. The fraction of sp³-hybridized carbons (Fsp3) is 0.429. The minimum atomic E-state index is 0.507. The minimum Gasteiger partial charge on any atom is -0.381 e. The number of nitrogens with zero attached hydrogens (tertiary/aromatic N) is 3. The van der Waals surface area contributed by atoms with Crippen LogP contribution in [0.2, 0.25) is 0 Å². The summed E-state index contributed by atoms with van der Waals surface area (Å²) >= 11 is 0. The summed E-state index contributed by atoms with van der Waals surface area (Å²) in [6.45, 7) is 3.15. The third-order valence-electron chi connectivity index (χ3n) is 3.63. The van der Waals surface area contributed by atoms with Gasteiger partial charge in [0.1, 0.15) is 0 Å².